The molecule has 0 saturated heterocycles. The number of aliphatic carboxylic acids is 1. The number of para-hydroxylation sites is 1. The van der Waals surface area contributed by atoms with Crippen LogP contribution in [0.2, 0.25) is 0 Å². The van der Waals surface area contributed by atoms with E-state index in [2.05, 4.69) is 15.6 Å². The van der Waals surface area contributed by atoms with Gasteiger partial charge < -0.3 is 20.7 Å². The lowest BCUT2D eigenvalue weighted by Crippen LogP contribution is -2.38. The van der Waals surface area contributed by atoms with Crippen molar-refractivity contribution < 1.29 is 14.3 Å². The SMILES string of the molecule is CC(NCCN[C@H](CC(=O)O)Cc1c[nH]c2ccccc12)c1ccc(F)cc1. The van der Waals surface area contributed by atoms with Crippen molar-refractivity contribution in [1.29, 1.82) is 0 Å². The van der Waals surface area contributed by atoms with E-state index in [1.807, 2.05) is 37.4 Å². The molecule has 3 rings (SSSR count). The molecule has 0 saturated carbocycles. The lowest BCUT2D eigenvalue weighted by atomic mass is 10.0. The number of halogens is 1. The molecule has 0 radical (unpaired) electrons. The maximum Gasteiger partial charge on any atom is 0.304 e. The monoisotopic (exact) mass is 383 g/mol. The third-order valence-corrected chi connectivity index (χ3v) is 4.94. The minimum absolute atomic E-state index is 0.0625. The molecule has 148 valence electrons. The van der Waals surface area contributed by atoms with Gasteiger partial charge in [0.25, 0.3) is 0 Å². The Morgan fingerprint density at radius 2 is 1.82 bits per heavy atom. The third kappa shape index (κ3) is 5.41. The van der Waals surface area contributed by atoms with E-state index in [0.29, 0.717) is 19.5 Å². The Morgan fingerprint density at radius 1 is 1.11 bits per heavy atom. The molecule has 2 atom stereocenters. The first-order valence-electron chi connectivity index (χ1n) is 9.52. The maximum atomic E-state index is 13.0. The van der Waals surface area contributed by atoms with Gasteiger partial charge in [-0.1, -0.05) is 30.3 Å². The Labute approximate surface area is 164 Å². The zero-order valence-electron chi connectivity index (χ0n) is 15.9. The normalized spacial score (nSPS) is 13.5. The van der Waals surface area contributed by atoms with Gasteiger partial charge in [-0.05, 0) is 42.7 Å². The Bertz CT molecular complexity index is 908. The fourth-order valence-corrected chi connectivity index (χ4v) is 3.43. The summed E-state index contributed by atoms with van der Waals surface area (Å²) in [6.45, 7) is 3.35. The number of carboxylic acids is 1. The Kier molecular flexibility index (Phi) is 6.79. The van der Waals surface area contributed by atoms with E-state index in [-0.39, 0.29) is 24.3 Å². The van der Waals surface area contributed by atoms with Crippen molar-refractivity contribution in [2.75, 3.05) is 13.1 Å². The minimum atomic E-state index is -0.815. The lowest BCUT2D eigenvalue weighted by Gasteiger charge is -2.19. The molecule has 28 heavy (non-hydrogen) atoms. The first kappa shape index (κ1) is 20.0. The van der Waals surface area contributed by atoms with Crippen molar-refractivity contribution in [1.82, 2.24) is 15.6 Å². The van der Waals surface area contributed by atoms with Gasteiger partial charge in [-0.25, -0.2) is 4.39 Å². The number of hydrogen-bond donors (Lipinski definition) is 4. The van der Waals surface area contributed by atoms with Crippen LogP contribution in [0.4, 0.5) is 4.39 Å². The van der Waals surface area contributed by atoms with Gasteiger partial charge in [0.1, 0.15) is 5.82 Å². The van der Waals surface area contributed by atoms with Crippen molar-refractivity contribution >= 4 is 16.9 Å². The summed E-state index contributed by atoms with van der Waals surface area (Å²) in [7, 11) is 0. The molecular formula is C22H26FN3O2. The summed E-state index contributed by atoms with van der Waals surface area (Å²) >= 11 is 0. The molecule has 1 heterocycles. The van der Waals surface area contributed by atoms with Crippen LogP contribution in [0.25, 0.3) is 10.9 Å². The molecule has 0 aliphatic rings. The number of fused-ring (bicyclic) bond motifs is 1. The van der Waals surface area contributed by atoms with E-state index in [1.165, 1.54) is 12.1 Å². The first-order chi connectivity index (χ1) is 13.5. The Hall–Kier alpha value is -2.70. The van der Waals surface area contributed by atoms with Crippen LogP contribution in [0, 0.1) is 5.82 Å². The van der Waals surface area contributed by atoms with Crippen molar-refractivity contribution in [3.63, 3.8) is 0 Å². The summed E-state index contributed by atoms with van der Waals surface area (Å²) in [5, 5.41) is 17.1. The van der Waals surface area contributed by atoms with Crippen LogP contribution in [0.15, 0.2) is 54.7 Å². The summed E-state index contributed by atoms with van der Waals surface area (Å²) in [4.78, 5) is 14.5. The van der Waals surface area contributed by atoms with E-state index < -0.39 is 5.97 Å². The second-order valence-corrected chi connectivity index (χ2v) is 7.04. The zero-order chi connectivity index (χ0) is 19.9. The summed E-state index contributed by atoms with van der Waals surface area (Å²) in [6, 6.07) is 14.4. The molecule has 0 bridgehead atoms. The van der Waals surface area contributed by atoms with Gasteiger partial charge in [0.05, 0.1) is 6.42 Å². The quantitative estimate of drug-likeness (QED) is 0.403. The van der Waals surface area contributed by atoms with Gasteiger partial charge in [0, 0.05) is 42.3 Å². The molecule has 2 aromatic carbocycles. The molecule has 0 aliphatic heterocycles. The molecule has 0 spiro atoms. The van der Waals surface area contributed by atoms with Gasteiger partial charge >= 0.3 is 5.97 Å². The number of aromatic amines is 1. The first-order valence-corrected chi connectivity index (χ1v) is 9.52. The van der Waals surface area contributed by atoms with Crippen molar-refractivity contribution in [3.8, 4) is 0 Å². The van der Waals surface area contributed by atoms with Gasteiger partial charge in [-0.2, -0.15) is 0 Å². The highest BCUT2D eigenvalue weighted by molar-refractivity contribution is 5.83. The molecule has 6 heteroatoms. The lowest BCUT2D eigenvalue weighted by molar-refractivity contribution is -0.137. The van der Waals surface area contributed by atoms with Crippen molar-refractivity contribution in [2.45, 2.75) is 31.8 Å². The van der Waals surface area contributed by atoms with Crippen LogP contribution >= 0.6 is 0 Å². The van der Waals surface area contributed by atoms with E-state index in [9.17, 15) is 14.3 Å². The van der Waals surface area contributed by atoms with Gasteiger partial charge in [0.2, 0.25) is 0 Å². The predicted octanol–water partition coefficient (Wildman–Crippen LogP) is 3.63. The van der Waals surface area contributed by atoms with Gasteiger partial charge in [-0.3, -0.25) is 4.79 Å². The average Bonchev–Trinajstić information content (AvgIpc) is 3.08. The fraction of sp³-hybridized carbons (Fsp3) is 0.318. The largest absolute Gasteiger partial charge is 0.481 e. The average molecular weight is 383 g/mol. The number of carbonyl (C=O) groups is 1. The minimum Gasteiger partial charge on any atom is -0.481 e. The number of aromatic nitrogens is 1. The molecule has 0 amide bonds. The van der Waals surface area contributed by atoms with Crippen LogP contribution in [0.1, 0.15) is 30.5 Å². The highest BCUT2D eigenvalue weighted by atomic mass is 19.1. The predicted molar refractivity (Wildman–Crippen MR) is 109 cm³/mol. The number of benzene rings is 2. The molecule has 0 fully saturated rings. The van der Waals surface area contributed by atoms with Crippen LogP contribution in [-0.4, -0.2) is 35.2 Å². The molecule has 0 aliphatic carbocycles. The fourth-order valence-electron chi connectivity index (χ4n) is 3.43. The molecule has 1 aromatic heterocycles. The number of rotatable bonds is 10. The van der Waals surface area contributed by atoms with E-state index in [1.54, 1.807) is 12.1 Å². The number of nitrogens with one attached hydrogen (secondary N) is 3. The molecular weight excluding hydrogens is 357 g/mol. The summed E-state index contributed by atoms with van der Waals surface area (Å²) in [5.74, 6) is -1.06. The maximum absolute atomic E-state index is 13.0. The highest BCUT2D eigenvalue weighted by Crippen LogP contribution is 2.19. The molecule has 1 unspecified atom stereocenters. The molecule has 5 nitrogen and oxygen atoms in total. The number of carboxylic acid groups (broad SMARTS) is 1. The molecule has 4 N–H and O–H groups in total. The Balaban J connectivity index is 1.52. The van der Waals surface area contributed by atoms with Gasteiger partial charge in [-0.15, -0.1) is 0 Å². The third-order valence-electron chi connectivity index (χ3n) is 4.94. The molecule has 3 aromatic rings. The standard InChI is InChI=1S/C22H26FN3O2/c1-15(16-6-8-18(23)9-7-16)24-10-11-25-19(13-22(27)28)12-17-14-26-21-5-3-2-4-20(17)21/h2-9,14-15,19,24-26H,10-13H2,1H3,(H,27,28)/t15?,19-/m0/s1. The number of hydrogen-bond acceptors (Lipinski definition) is 3. The smallest absolute Gasteiger partial charge is 0.304 e. The van der Waals surface area contributed by atoms with E-state index in [0.717, 1.165) is 22.0 Å². The topological polar surface area (TPSA) is 77.2 Å². The van der Waals surface area contributed by atoms with E-state index in [4.69, 9.17) is 0 Å². The van der Waals surface area contributed by atoms with Crippen LogP contribution in [-0.2, 0) is 11.2 Å². The van der Waals surface area contributed by atoms with Crippen LogP contribution in [0.5, 0.6) is 0 Å². The second-order valence-electron chi connectivity index (χ2n) is 7.04. The van der Waals surface area contributed by atoms with Crippen molar-refractivity contribution in [2.24, 2.45) is 0 Å². The summed E-state index contributed by atoms with van der Waals surface area (Å²) in [6.07, 6.45) is 2.66. The van der Waals surface area contributed by atoms with Crippen molar-refractivity contribution in [3.05, 3.63) is 71.7 Å². The van der Waals surface area contributed by atoms with Gasteiger partial charge in [0.15, 0.2) is 0 Å². The zero-order valence-corrected chi connectivity index (χ0v) is 15.9. The van der Waals surface area contributed by atoms with Crippen LogP contribution < -0.4 is 10.6 Å². The summed E-state index contributed by atoms with van der Waals surface area (Å²) in [5.41, 5.74) is 3.19. The van der Waals surface area contributed by atoms with E-state index >= 15 is 0 Å². The number of H-pyrrole nitrogens is 1. The summed E-state index contributed by atoms with van der Waals surface area (Å²) < 4.78 is 13.0. The highest BCUT2D eigenvalue weighted by Gasteiger charge is 2.15. The second kappa shape index (κ2) is 9.48. The Morgan fingerprint density at radius 3 is 2.57 bits per heavy atom. The van der Waals surface area contributed by atoms with Crippen LogP contribution in [0.3, 0.4) is 0 Å².